The van der Waals surface area contributed by atoms with Crippen molar-refractivity contribution in [3.05, 3.63) is 36.5 Å². The average Bonchev–Trinajstić information content (AvgIpc) is 1.86. The molecule has 0 aromatic carbocycles. The monoisotopic (exact) mass is 77.0 g/mol. The Balaban J connectivity index is 2.86. The van der Waals surface area contributed by atoms with Crippen LogP contribution in [0.25, 0.3) is 0 Å². The fraction of sp³-hybridized carbons (Fsp3) is 0. The zero-order chi connectivity index (χ0) is 4.41. The lowest BCUT2D eigenvalue weighted by Gasteiger charge is -1.69. The van der Waals surface area contributed by atoms with Gasteiger partial charge in [0.25, 0.3) is 0 Å². The fourth-order valence-corrected chi connectivity index (χ4v) is 0.368. The quantitative estimate of drug-likeness (QED) is 0.410. The molecule has 0 N–H and O–H groups in total. The Morgan fingerprint density at radius 3 is 2.67 bits per heavy atom. The van der Waals surface area contributed by atoms with E-state index in [0.717, 1.165) is 5.57 Å². The summed E-state index contributed by atoms with van der Waals surface area (Å²) in [6.45, 7) is 3.62. The Kier molecular flexibility index (Phi) is 0.643. The first-order valence-corrected chi connectivity index (χ1v) is 1.85. The highest BCUT2D eigenvalue weighted by atomic mass is 13.9. The maximum absolute atomic E-state index is 3.62. The van der Waals surface area contributed by atoms with Gasteiger partial charge >= 0.3 is 0 Å². The highest BCUT2D eigenvalue weighted by Crippen LogP contribution is 2.00. The third kappa shape index (κ3) is 0.410. The van der Waals surface area contributed by atoms with Crippen LogP contribution < -0.4 is 0 Å². The second-order valence-corrected chi connectivity index (χ2v) is 1.20. The molecule has 0 aliphatic heterocycles. The summed E-state index contributed by atoms with van der Waals surface area (Å²) in [5, 5.41) is 0. The van der Waals surface area contributed by atoms with Crippen LogP contribution in [0.5, 0.6) is 0 Å². The first kappa shape index (κ1) is 3.41. The number of hydrogen-bond donors (Lipinski definition) is 0. The molecule has 29 valence electrons. The van der Waals surface area contributed by atoms with E-state index in [0.29, 0.717) is 0 Å². The zero-order valence-corrected chi connectivity index (χ0v) is 3.44. The summed E-state index contributed by atoms with van der Waals surface area (Å²) in [7, 11) is 0. The van der Waals surface area contributed by atoms with Crippen molar-refractivity contribution in [3.8, 4) is 0 Å². The van der Waals surface area contributed by atoms with Crippen molar-refractivity contribution < 1.29 is 0 Å². The predicted molar refractivity (Wildman–Crippen MR) is 26.1 cm³/mol. The van der Waals surface area contributed by atoms with Gasteiger partial charge in [0.2, 0.25) is 0 Å². The predicted octanol–water partition coefficient (Wildman–Crippen LogP) is 1.47. The third-order valence-corrected chi connectivity index (χ3v) is 0.662. The molecule has 0 heterocycles. The second kappa shape index (κ2) is 1.13. The third-order valence-electron chi connectivity index (χ3n) is 0.662. The van der Waals surface area contributed by atoms with Crippen LogP contribution in [0.2, 0.25) is 0 Å². The standard InChI is InChI=1S/C6H5/c1-6-4-2-3-5-6/h2-4H,1H2. The van der Waals surface area contributed by atoms with Gasteiger partial charge in [0.1, 0.15) is 0 Å². The summed E-state index contributed by atoms with van der Waals surface area (Å²) in [5.41, 5.74) is 0.968. The molecular formula is C6H5. The van der Waals surface area contributed by atoms with E-state index in [4.69, 9.17) is 0 Å². The van der Waals surface area contributed by atoms with E-state index in [1.807, 2.05) is 18.2 Å². The van der Waals surface area contributed by atoms with Gasteiger partial charge in [0.15, 0.2) is 0 Å². The molecule has 0 atom stereocenters. The van der Waals surface area contributed by atoms with Gasteiger partial charge in [-0.25, -0.2) is 0 Å². The summed E-state index contributed by atoms with van der Waals surface area (Å²) in [4.78, 5) is 0. The molecule has 0 spiro atoms. The molecule has 0 saturated carbocycles. The van der Waals surface area contributed by atoms with Gasteiger partial charge in [-0.2, -0.15) is 0 Å². The summed E-state index contributed by atoms with van der Waals surface area (Å²) in [6, 6.07) is 0. The van der Waals surface area contributed by atoms with E-state index >= 15 is 0 Å². The van der Waals surface area contributed by atoms with Crippen molar-refractivity contribution >= 4 is 0 Å². The van der Waals surface area contributed by atoms with Crippen LogP contribution in [-0.2, 0) is 0 Å². The molecule has 1 aliphatic carbocycles. The summed E-state index contributed by atoms with van der Waals surface area (Å²) >= 11 is 0. The molecule has 0 heteroatoms. The molecule has 0 unspecified atom stereocenters. The van der Waals surface area contributed by atoms with E-state index in [2.05, 4.69) is 12.7 Å². The molecule has 6 heavy (non-hydrogen) atoms. The largest absolute Gasteiger partial charge is 0.0911 e. The summed E-state index contributed by atoms with van der Waals surface area (Å²) in [6.07, 6.45) is 8.57. The van der Waals surface area contributed by atoms with E-state index in [1.54, 1.807) is 0 Å². The van der Waals surface area contributed by atoms with Gasteiger partial charge in [0.05, 0.1) is 0 Å². The van der Waals surface area contributed by atoms with Gasteiger partial charge in [0, 0.05) is 0 Å². The molecule has 0 aromatic heterocycles. The zero-order valence-electron chi connectivity index (χ0n) is 3.44. The minimum atomic E-state index is 0.968. The SMILES string of the molecule is C=C1[C]=CC=C1. The second-order valence-electron chi connectivity index (χ2n) is 1.20. The summed E-state index contributed by atoms with van der Waals surface area (Å²) < 4.78 is 0. The van der Waals surface area contributed by atoms with Crippen molar-refractivity contribution in [1.82, 2.24) is 0 Å². The first-order valence-electron chi connectivity index (χ1n) is 1.85. The molecule has 0 fully saturated rings. The molecule has 0 amide bonds. The number of rotatable bonds is 0. The van der Waals surface area contributed by atoms with Crippen LogP contribution in [0, 0.1) is 6.08 Å². The van der Waals surface area contributed by atoms with Crippen molar-refractivity contribution in [1.29, 1.82) is 0 Å². The fourth-order valence-electron chi connectivity index (χ4n) is 0.368. The average molecular weight is 77.1 g/mol. The molecule has 1 radical (unpaired) electrons. The van der Waals surface area contributed by atoms with Crippen LogP contribution in [0.15, 0.2) is 30.4 Å². The Morgan fingerprint density at radius 1 is 1.67 bits per heavy atom. The lowest BCUT2D eigenvalue weighted by atomic mass is 10.4. The normalized spacial score (nSPS) is 17.0. The molecule has 0 nitrogen and oxygen atoms in total. The van der Waals surface area contributed by atoms with E-state index in [9.17, 15) is 0 Å². The summed E-state index contributed by atoms with van der Waals surface area (Å²) in [5.74, 6) is 0. The Morgan fingerprint density at radius 2 is 2.50 bits per heavy atom. The molecule has 0 aromatic rings. The lowest BCUT2D eigenvalue weighted by molar-refractivity contribution is 1.79. The van der Waals surface area contributed by atoms with Crippen molar-refractivity contribution in [2.75, 3.05) is 0 Å². The van der Waals surface area contributed by atoms with Crippen LogP contribution in [0.3, 0.4) is 0 Å². The number of hydrogen-bond acceptors (Lipinski definition) is 0. The molecular weight excluding hydrogens is 72.1 g/mol. The highest BCUT2D eigenvalue weighted by Gasteiger charge is 1.81. The molecule has 1 aliphatic rings. The van der Waals surface area contributed by atoms with E-state index in [1.165, 1.54) is 0 Å². The van der Waals surface area contributed by atoms with Gasteiger partial charge in [-0.1, -0.05) is 24.8 Å². The molecule has 0 saturated heterocycles. The van der Waals surface area contributed by atoms with Crippen LogP contribution in [0.1, 0.15) is 0 Å². The smallest absolute Gasteiger partial charge is 0.0112 e. The maximum Gasteiger partial charge on any atom is -0.0112 e. The Hall–Kier alpha value is -0.780. The topological polar surface area (TPSA) is 0 Å². The van der Waals surface area contributed by atoms with Crippen molar-refractivity contribution in [2.45, 2.75) is 0 Å². The van der Waals surface area contributed by atoms with E-state index < -0.39 is 0 Å². The van der Waals surface area contributed by atoms with E-state index in [-0.39, 0.29) is 0 Å². The van der Waals surface area contributed by atoms with Gasteiger partial charge in [-0.15, -0.1) is 0 Å². The van der Waals surface area contributed by atoms with Crippen molar-refractivity contribution in [3.63, 3.8) is 0 Å². The lowest BCUT2D eigenvalue weighted by Crippen LogP contribution is -1.52. The van der Waals surface area contributed by atoms with Gasteiger partial charge in [-0.05, 0) is 11.6 Å². The van der Waals surface area contributed by atoms with Crippen LogP contribution in [-0.4, -0.2) is 0 Å². The maximum atomic E-state index is 3.62. The minimum absolute atomic E-state index is 0.968. The number of allylic oxidation sites excluding steroid dienone is 5. The Bertz CT molecular complexity index is 102. The molecule has 1 rings (SSSR count). The highest BCUT2D eigenvalue weighted by molar-refractivity contribution is 5.32. The minimum Gasteiger partial charge on any atom is -0.0911 e. The first-order chi connectivity index (χ1) is 2.89. The van der Waals surface area contributed by atoms with Gasteiger partial charge < -0.3 is 0 Å². The van der Waals surface area contributed by atoms with Gasteiger partial charge in [-0.3, -0.25) is 0 Å². The van der Waals surface area contributed by atoms with Crippen LogP contribution >= 0.6 is 0 Å². The molecule has 0 bridgehead atoms. The van der Waals surface area contributed by atoms with Crippen molar-refractivity contribution in [2.24, 2.45) is 0 Å². The van der Waals surface area contributed by atoms with Crippen LogP contribution in [0.4, 0.5) is 0 Å². The Labute approximate surface area is 37.5 Å².